The fourth-order valence-electron chi connectivity index (χ4n) is 1.95. The third kappa shape index (κ3) is 2.49. The van der Waals surface area contributed by atoms with Gasteiger partial charge in [-0.25, -0.2) is 4.98 Å². The summed E-state index contributed by atoms with van der Waals surface area (Å²) in [5, 5.41) is 12.1. The molecule has 0 amide bonds. The average molecular weight is 270 g/mol. The minimum Gasteiger partial charge on any atom is -0.390 e. The molecule has 2 aromatic heterocycles. The van der Waals surface area contributed by atoms with Gasteiger partial charge in [-0.05, 0) is 0 Å². The third-order valence-corrected chi connectivity index (χ3v) is 4.62. The quantitative estimate of drug-likeness (QED) is 0.916. The van der Waals surface area contributed by atoms with Crippen LogP contribution in [0.1, 0.15) is 5.69 Å². The first-order chi connectivity index (χ1) is 8.33. The van der Waals surface area contributed by atoms with Crippen LogP contribution in [0.2, 0.25) is 0 Å². The highest BCUT2D eigenvalue weighted by molar-refractivity contribution is 7.99. The predicted molar refractivity (Wildman–Crippen MR) is 69.8 cm³/mol. The highest BCUT2D eigenvalue weighted by atomic mass is 32.2. The lowest BCUT2D eigenvalue weighted by Crippen LogP contribution is -2.36. The van der Waals surface area contributed by atoms with E-state index in [4.69, 9.17) is 4.74 Å². The van der Waals surface area contributed by atoms with Gasteiger partial charge in [0.25, 0.3) is 0 Å². The molecule has 1 fully saturated rings. The van der Waals surface area contributed by atoms with Crippen molar-refractivity contribution < 1.29 is 9.84 Å². The Bertz CT molecular complexity index is 462. The van der Waals surface area contributed by atoms with Gasteiger partial charge in [-0.2, -0.15) is 11.8 Å². The molecule has 1 aliphatic rings. The summed E-state index contributed by atoms with van der Waals surface area (Å²) in [5.74, 6) is 1.91. The molecule has 1 N–H and O–H groups in total. The maximum Gasteiger partial charge on any atom is 0.193 e. The first kappa shape index (κ1) is 11.5. The molecule has 1 aliphatic heterocycles. The van der Waals surface area contributed by atoms with Gasteiger partial charge in [-0.1, -0.05) is 0 Å². The molecule has 0 spiro atoms. The van der Waals surface area contributed by atoms with Gasteiger partial charge in [0, 0.05) is 35.7 Å². The minimum absolute atomic E-state index is 0.0477. The Labute approximate surface area is 108 Å². The van der Waals surface area contributed by atoms with E-state index in [1.807, 2.05) is 33.9 Å². The number of thiazole rings is 1. The molecule has 2 atom stereocenters. The number of ether oxygens (including phenoxy) is 1. The molecule has 2 unspecified atom stereocenters. The van der Waals surface area contributed by atoms with Gasteiger partial charge in [0.1, 0.15) is 0 Å². The Hall–Kier alpha value is -0.560. The number of aliphatic hydroxyl groups is 1. The molecule has 0 aliphatic carbocycles. The number of imidazole rings is 1. The SMILES string of the molecule is OC(Cc1cn2ccsc2n1)C1CSCCO1. The molecule has 4 nitrogen and oxygen atoms in total. The number of aliphatic hydroxyl groups excluding tert-OH is 1. The molecule has 17 heavy (non-hydrogen) atoms. The van der Waals surface area contributed by atoms with E-state index in [1.165, 1.54) is 0 Å². The topological polar surface area (TPSA) is 46.8 Å². The van der Waals surface area contributed by atoms with Crippen LogP contribution < -0.4 is 0 Å². The van der Waals surface area contributed by atoms with E-state index >= 15 is 0 Å². The van der Waals surface area contributed by atoms with Gasteiger partial charge in [0.15, 0.2) is 4.96 Å². The number of hydrogen-bond acceptors (Lipinski definition) is 5. The van der Waals surface area contributed by atoms with Crippen molar-refractivity contribution in [2.75, 3.05) is 18.1 Å². The molecule has 2 aromatic rings. The maximum absolute atomic E-state index is 10.1. The van der Waals surface area contributed by atoms with Crippen LogP contribution in [0.3, 0.4) is 0 Å². The number of thioether (sulfide) groups is 1. The molecular formula is C11H14N2O2S2. The lowest BCUT2D eigenvalue weighted by atomic mass is 10.1. The van der Waals surface area contributed by atoms with Crippen LogP contribution in [0.4, 0.5) is 0 Å². The summed E-state index contributed by atoms with van der Waals surface area (Å²) in [6, 6.07) is 0. The van der Waals surface area contributed by atoms with Crippen LogP contribution >= 0.6 is 23.1 Å². The van der Waals surface area contributed by atoms with Crippen molar-refractivity contribution in [3.8, 4) is 0 Å². The molecule has 6 heteroatoms. The first-order valence-corrected chi connectivity index (χ1v) is 7.65. The number of nitrogens with zero attached hydrogens (tertiary/aromatic N) is 2. The first-order valence-electron chi connectivity index (χ1n) is 5.61. The Kier molecular flexibility index (Phi) is 3.37. The van der Waals surface area contributed by atoms with Gasteiger partial charge in [-0.15, -0.1) is 11.3 Å². The summed E-state index contributed by atoms with van der Waals surface area (Å²) in [6.45, 7) is 0.741. The smallest absolute Gasteiger partial charge is 0.193 e. The summed E-state index contributed by atoms with van der Waals surface area (Å²) in [6.07, 6.45) is 4.03. The summed E-state index contributed by atoms with van der Waals surface area (Å²) in [5.41, 5.74) is 0.934. The normalized spacial score (nSPS) is 23.0. The van der Waals surface area contributed by atoms with E-state index in [2.05, 4.69) is 4.98 Å². The number of aromatic nitrogens is 2. The molecule has 0 saturated carbocycles. The van der Waals surface area contributed by atoms with Gasteiger partial charge in [-0.3, -0.25) is 4.40 Å². The van der Waals surface area contributed by atoms with Crippen LogP contribution in [0.15, 0.2) is 17.8 Å². The molecule has 3 rings (SSSR count). The van der Waals surface area contributed by atoms with Crippen molar-refractivity contribution in [2.45, 2.75) is 18.6 Å². The van der Waals surface area contributed by atoms with Crippen molar-refractivity contribution in [1.82, 2.24) is 9.38 Å². The molecule has 3 heterocycles. The zero-order chi connectivity index (χ0) is 11.7. The van der Waals surface area contributed by atoms with E-state index in [0.29, 0.717) is 6.42 Å². The van der Waals surface area contributed by atoms with Crippen molar-refractivity contribution in [1.29, 1.82) is 0 Å². The minimum atomic E-state index is -0.451. The van der Waals surface area contributed by atoms with E-state index in [-0.39, 0.29) is 6.10 Å². The lowest BCUT2D eigenvalue weighted by molar-refractivity contribution is -0.0211. The maximum atomic E-state index is 10.1. The standard InChI is InChI=1S/C11H14N2O2S2/c14-9(10-7-16-4-2-15-10)5-8-6-13-1-3-17-11(13)12-8/h1,3,6,9-10,14H,2,4-5,7H2. The molecule has 92 valence electrons. The summed E-state index contributed by atoms with van der Waals surface area (Å²) < 4.78 is 7.55. The van der Waals surface area contributed by atoms with Gasteiger partial charge in [0.2, 0.25) is 0 Å². The highest BCUT2D eigenvalue weighted by Gasteiger charge is 2.23. The fraction of sp³-hybridized carbons (Fsp3) is 0.545. The Morgan fingerprint density at radius 3 is 3.35 bits per heavy atom. The van der Waals surface area contributed by atoms with Crippen LogP contribution in [-0.4, -0.2) is 44.8 Å². The van der Waals surface area contributed by atoms with Gasteiger partial charge >= 0.3 is 0 Å². The van der Waals surface area contributed by atoms with Crippen LogP contribution in [0.5, 0.6) is 0 Å². The number of fused-ring (bicyclic) bond motifs is 1. The van der Waals surface area contributed by atoms with Crippen molar-refractivity contribution in [3.05, 3.63) is 23.5 Å². The summed E-state index contributed by atoms with van der Waals surface area (Å²) in [7, 11) is 0. The monoisotopic (exact) mass is 270 g/mol. The molecular weight excluding hydrogens is 256 g/mol. The van der Waals surface area contributed by atoms with Crippen molar-refractivity contribution >= 4 is 28.1 Å². The Balaban J connectivity index is 1.67. The second-order valence-corrected chi connectivity index (χ2v) is 6.10. The van der Waals surface area contributed by atoms with Crippen molar-refractivity contribution in [2.24, 2.45) is 0 Å². The largest absolute Gasteiger partial charge is 0.390 e. The van der Waals surface area contributed by atoms with Gasteiger partial charge < -0.3 is 9.84 Å². The second kappa shape index (κ2) is 4.97. The fourth-order valence-corrected chi connectivity index (χ4v) is 3.60. The van der Waals surface area contributed by atoms with Crippen LogP contribution in [0, 0.1) is 0 Å². The Morgan fingerprint density at radius 2 is 2.59 bits per heavy atom. The van der Waals surface area contributed by atoms with Crippen LogP contribution in [-0.2, 0) is 11.2 Å². The number of hydrogen-bond donors (Lipinski definition) is 1. The lowest BCUT2D eigenvalue weighted by Gasteiger charge is -2.26. The molecule has 0 aromatic carbocycles. The van der Waals surface area contributed by atoms with E-state index in [1.54, 1.807) is 11.3 Å². The third-order valence-electron chi connectivity index (χ3n) is 2.83. The summed E-state index contributed by atoms with van der Waals surface area (Å²) >= 11 is 3.45. The zero-order valence-electron chi connectivity index (χ0n) is 9.28. The molecule has 0 radical (unpaired) electrons. The predicted octanol–water partition coefficient (Wildman–Crippen LogP) is 1.43. The highest BCUT2D eigenvalue weighted by Crippen LogP contribution is 2.19. The van der Waals surface area contributed by atoms with E-state index in [0.717, 1.165) is 28.8 Å². The molecule has 0 bridgehead atoms. The Morgan fingerprint density at radius 1 is 1.65 bits per heavy atom. The van der Waals surface area contributed by atoms with Crippen LogP contribution in [0.25, 0.3) is 4.96 Å². The number of rotatable bonds is 3. The molecule has 1 saturated heterocycles. The van der Waals surface area contributed by atoms with E-state index in [9.17, 15) is 5.11 Å². The zero-order valence-corrected chi connectivity index (χ0v) is 10.9. The average Bonchev–Trinajstić information content (AvgIpc) is 2.90. The van der Waals surface area contributed by atoms with Gasteiger partial charge in [0.05, 0.1) is 24.5 Å². The van der Waals surface area contributed by atoms with E-state index < -0.39 is 6.10 Å². The summed E-state index contributed by atoms with van der Waals surface area (Å²) in [4.78, 5) is 5.44. The van der Waals surface area contributed by atoms with Crippen molar-refractivity contribution in [3.63, 3.8) is 0 Å². The second-order valence-electron chi connectivity index (χ2n) is 4.08.